The third-order valence-corrected chi connectivity index (χ3v) is 3.91. The molecule has 2 N–H and O–H groups in total. The van der Waals surface area contributed by atoms with E-state index in [4.69, 9.17) is 10.5 Å². The minimum absolute atomic E-state index is 0.355. The quantitative estimate of drug-likeness (QED) is 0.879. The van der Waals surface area contributed by atoms with Gasteiger partial charge in [-0.1, -0.05) is 43.7 Å². The molecule has 1 atom stereocenters. The van der Waals surface area contributed by atoms with E-state index in [0.29, 0.717) is 5.92 Å². The van der Waals surface area contributed by atoms with E-state index < -0.39 is 0 Å². The Hall–Kier alpha value is -1.80. The van der Waals surface area contributed by atoms with Crippen LogP contribution in [0.25, 0.3) is 0 Å². The number of aryl methyl sites for hydroxylation is 1. The fourth-order valence-electron chi connectivity index (χ4n) is 1.97. The average molecular weight is 269 g/mol. The van der Waals surface area contributed by atoms with Crippen molar-refractivity contribution in [1.29, 1.82) is 0 Å². The predicted octanol–water partition coefficient (Wildman–Crippen LogP) is 4.62. The molecule has 0 amide bonds. The highest BCUT2D eigenvalue weighted by Gasteiger charge is 2.25. The molecule has 20 heavy (non-hydrogen) atoms. The van der Waals surface area contributed by atoms with Crippen molar-refractivity contribution in [2.45, 2.75) is 33.2 Å². The monoisotopic (exact) mass is 269 g/mol. The molecule has 0 saturated carbocycles. The molecule has 2 aromatic rings. The normalized spacial score (nSPS) is 14.1. The predicted molar refractivity (Wildman–Crippen MR) is 84.1 cm³/mol. The first-order valence-electron chi connectivity index (χ1n) is 7.03. The van der Waals surface area contributed by atoms with Gasteiger partial charge >= 0.3 is 0 Å². The lowest BCUT2D eigenvalue weighted by atomic mass is 9.83. The smallest absolute Gasteiger partial charge is 0.127 e. The van der Waals surface area contributed by atoms with E-state index in [2.05, 4.69) is 33.8 Å². The Morgan fingerprint density at radius 3 is 2.25 bits per heavy atom. The van der Waals surface area contributed by atoms with E-state index in [9.17, 15) is 0 Å². The Kier molecular flexibility index (Phi) is 4.15. The molecule has 0 saturated heterocycles. The van der Waals surface area contributed by atoms with Crippen LogP contribution in [0.5, 0.6) is 11.5 Å². The van der Waals surface area contributed by atoms with Crippen LogP contribution in [0.1, 0.15) is 31.9 Å². The van der Waals surface area contributed by atoms with Gasteiger partial charge in [-0.15, -0.1) is 0 Å². The highest BCUT2D eigenvalue weighted by molar-refractivity contribution is 5.37. The molecule has 2 heteroatoms. The third kappa shape index (κ3) is 3.20. The van der Waals surface area contributed by atoms with Gasteiger partial charge in [0.1, 0.15) is 11.5 Å². The van der Waals surface area contributed by atoms with E-state index in [1.54, 1.807) is 0 Å². The van der Waals surface area contributed by atoms with E-state index >= 15 is 0 Å². The Morgan fingerprint density at radius 1 is 1.00 bits per heavy atom. The molecule has 1 unspecified atom stereocenters. The Labute approximate surface area is 121 Å². The first-order chi connectivity index (χ1) is 9.39. The van der Waals surface area contributed by atoms with Crippen LogP contribution >= 0.6 is 0 Å². The maximum atomic E-state index is 6.41. The molecular weight excluding hydrogens is 246 g/mol. The molecule has 106 valence electrons. The average Bonchev–Trinajstić information content (AvgIpc) is 2.41. The zero-order valence-corrected chi connectivity index (χ0v) is 12.7. The summed E-state index contributed by atoms with van der Waals surface area (Å²) in [6.45, 7) is 8.39. The summed E-state index contributed by atoms with van der Waals surface area (Å²) in [5, 5.41) is 0. The lowest BCUT2D eigenvalue weighted by Gasteiger charge is -2.30. The molecule has 0 radical (unpaired) electrons. The third-order valence-electron chi connectivity index (χ3n) is 3.91. The van der Waals surface area contributed by atoms with Crippen molar-refractivity contribution in [3.8, 4) is 11.5 Å². The molecule has 2 rings (SSSR count). The summed E-state index contributed by atoms with van der Waals surface area (Å²) in [5.41, 5.74) is 8.37. The van der Waals surface area contributed by atoms with Crippen molar-refractivity contribution in [2.24, 2.45) is 11.7 Å². The summed E-state index contributed by atoms with van der Waals surface area (Å²) in [5.74, 6) is 2.02. The van der Waals surface area contributed by atoms with E-state index in [1.165, 1.54) is 5.56 Å². The van der Waals surface area contributed by atoms with Gasteiger partial charge in [-0.2, -0.15) is 0 Å². The Balaban J connectivity index is 2.24. The lowest BCUT2D eigenvalue weighted by molar-refractivity contribution is 0.349. The zero-order valence-electron chi connectivity index (χ0n) is 12.7. The van der Waals surface area contributed by atoms with Gasteiger partial charge < -0.3 is 10.5 Å². The van der Waals surface area contributed by atoms with E-state index in [1.807, 2.05) is 42.5 Å². The van der Waals surface area contributed by atoms with Crippen molar-refractivity contribution in [3.05, 3.63) is 59.7 Å². The summed E-state index contributed by atoms with van der Waals surface area (Å²) < 4.78 is 5.89. The summed E-state index contributed by atoms with van der Waals surface area (Å²) in [6, 6.07) is 16.1. The molecule has 2 nitrogen and oxygen atoms in total. The van der Waals surface area contributed by atoms with Crippen LogP contribution < -0.4 is 10.5 Å². The molecule has 0 fully saturated rings. The highest BCUT2D eigenvalue weighted by atomic mass is 16.5. The summed E-state index contributed by atoms with van der Waals surface area (Å²) in [4.78, 5) is 0. The largest absolute Gasteiger partial charge is 0.457 e. The second kappa shape index (κ2) is 5.68. The van der Waals surface area contributed by atoms with Crippen LogP contribution in [0.2, 0.25) is 0 Å². The van der Waals surface area contributed by atoms with Crippen LogP contribution in [-0.4, -0.2) is 0 Å². The molecule has 0 bridgehead atoms. The molecule has 0 heterocycles. The van der Waals surface area contributed by atoms with Gasteiger partial charge in [-0.05, 0) is 49.6 Å². The lowest BCUT2D eigenvalue weighted by Crippen LogP contribution is -2.38. The summed E-state index contributed by atoms with van der Waals surface area (Å²) in [6.07, 6.45) is 0. The van der Waals surface area contributed by atoms with Gasteiger partial charge in [0.2, 0.25) is 0 Å². The van der Waals surface area contributed by atoms with Crippen molar-refractivity contribution < 1.29 is 4.74 Å². The number of ether oxygens (including phenoxy) is 1. The SMILES string of the molecule is Cc1ccc(Oc2cccc(C(C)(N)C(C)C)c2)cc1. The standard InChI is InChI=1S/C18H23NO/c1-13(2)18(4,19)15-6-5-7-17(12-15)20-16-10-8-14(3)9-11-16/h5-13H,19H2,1-4H3. The van der Waals surface area contributed by atoms with Crippen LogP contribution in [0.15, 0.2) is 48.5 Å². The second-order valence-corrected chi connectivity index (χ2v) is 5.88. The van der Waals surface area contributed by atoms with Crippen LogP contribution in [-0.2, 0) is 5.54 Å². The minimum atomic E-state index is -0.355. The van der Waals surface area contributed by atoms with Gasteiger partial charge in [0.25, 0.3) is 0 Å². The molecule has 0 aliphatic carbocycles. The van der Waals surface area contributed by atoms with Crippen molar-refractivity contribution >= 4 is 0 Å². The highest BCUT2D eigenvalue weighted by Crippen LogP contribution is 2.30. The Morgan fingerprint density at radius 2 is 1.65 bits per heavy atom. The fourth-order valence-corrected chi connectivity index (χ4v) is 1.97. The van der Waals surface area contributed by atoms with E-state index in [0.717, 1.165) is 17.1 Å². The minimum Gasteiger partial charge on any atom is -0.457 e. The Bertz CT molecular complexity index is 570. The van der Waals surface area contributed by atoms with Gasteiger partial charge in [0.15, 0.2) is 0 Å². The van der Waals surface area contributed by atoms with Gasteiger partial charge in [-0.25, -0.2) is 0 Å². The van der Waals surface area contributed by atoms with Crippen LogP contribution in [0.3, 0.4) is 0 Å². The summed E-state index contributed by atoms with van der Waals surface area (Å²) >= 11 is 0. The fraction of sp³-hybridized carbons (Fsp3) is 0.333. The van der Waals surface area contributed by atoms with E-state index in [-0.39, 0.29) is 5.54 Å². The first-order valence-corrected chi connectivity index (χ1v) is 7.03. The molecular formula is C18H23NO. The van der Waals surface area contributed by atoms with Crippen molar-refractivity contribution in [3.63, 3.8) is 0 Å². The second-order valence-electron chi connectivity index (χ2n) is 5.88. The number of rotatable bonds is 4. The zero-order chi connectivity index (χ0) is 14.8. The van der Waals surface area contributed by atoms with Crippen LogP contribution in [0, 0.1) is 12.8 Å². The van der Waals surface area contributed by atoms with Gasteiger partial charge in [-0.3, -0.25) is 0 Å². The van der Waals surface area contributed by atoms with Crippen molar-refractivity contribution in [2.75, 3.05) is 0 Å². The number of hydrogen-bond donors (Lipinski definition) is 1. The van der Waals surface area contributed by atoms with Gasteiger partial charge in [0.05, 0.1) is 0 Å². The first kappa shape index (κ1) is 14.6. The topological polar surface area (TPSA) is 35.2 Å². The molecule has 0 aliphatic rings. The molecule has 0 aromatic heterocycles. The molecule has 0 aliphatic heterocycles. The van der Waals surface area contributed by atoms with Crippen molar-refractivity contribution in [1.82, 2.24) is 0 Å². The molecule has 0 spiro atoms. The van der Waals surface area contributed by atoms with Crippen LogP contribution in [0.4, 0.5) is 0 Å². The number of hydrogen-bond acceptors (Lipinski definition) is 2. The maximum absolute atomic E-state index is 6.41. The summed E-state index contributed by atoms with van der Waals surface area (Å²) in [7, 11) is 0. The number of benzene rings is 2. The maximum Gasteiger partial charge on any atom is 0.127 e. The molecule has 2 aromatic carbocycles. The van der Waals surface area contributed by atoms with Gasteiger partial charge in [0, 0.05) is 5.54 Å². The number of nitrogens with two attached hydrogens (primary N) is 1.